The number of Topliss-reactive ketones (excluding diaryl/α,β-unsaturated/α-hetero) is 1. The molecule has 2 rings (SSSR count). The van der Waals surface area contributed by atoms with Crippen LogP contribution in [0, 0.1) is 6.92 Å². The Morgan fingerprint density at radius 3 is 2.45 bits per heavy atom. The van der Waals surface area contributed by atoms with Gasteiger partial charge in [0.15, 0.2) is 5.78 Å². The van der Waals surface area contributed by atoms with Crippen molar-refractivity contribution in [1.82, 2.24) is 4.98 Å². The van der Waals surface area contributed by atoms with E-state index in [0.717, 1.165) is 5.69 Å². The van der Waals surface area contributed by atoms with Crippen molar-refractivity contribution in [2.45, 2.75) is 6.92 Å². The first kappa shape index (κ1) is 13.7. The number of nitrogens with zero attached hydrogens (tertiary/aromatic N) is 1. The van der Waals surface area contributed by atoms with Crippen LogP contribution in [-0.2, 0) is 4.79 Å². The minimum absolute atomic E-state index is 0.262. The molecule has 1 aromatic heterocycles. The Kier molecular flexibility index (Phi) is 4.05. The molecular formula is C16H13NO3. The topological polar surface area (TPSA) is 67.3 Å². The lowest BCUT2D eigenvalue weighted by molar-refractivity contribution is -0.132. The first-order valence-electron chi connectivity index (χ1n) is 6.05. The highest BCUT2D eigenvalue weighted by Crippen LogP contribution is 2.13. The molecule has 4 nitrogen and oxygen atoms in total. The normalized spacial score (nSPS) is 11.2. The van der Waals surface area contributed by atoms with E-state index in [1.54, 1.807) is 55.6 Å². The predicted molar refractivity (Wildman–Crippen MR) is 75.4 cm³/mol. The Hall–Kier alpha value is -2.75. The van der Waals surface area contributed by atoms with Crippen molar-refractivity contribution >= 4 is 17.8 Å². The van der Waals surface area contributed by atoms with Gasteiger partial charge in [0, 0.05) is 17.5 Å². The zero-order valence-electron chi connectivity index (χ0n) is 10.9. The molecule has 1 N–H and O–H groups in total. The Balaban J connectivity index is 2.42. The maximum absolute atomic E-state index is 12.2. The standard InChI is InChI=1S/C16H13NO3/c1-11-9-12(7-8-17-11)10-14(16(19)20)15(18)13-5-3-2-4-6-13/h2-10H,1H3,(H,19,20)/b14-10+. The number of aryl methyl sites for hydroxylation is 1. The van der Waals surface area contributed by atoms with Crippen LogP contribution in [0.2, 0.25) is 0 Å². The molecule has 4 heteroatoms. The molecule has 2 aromatic rings. The lowest BCUT2D eigenvalue weighted by atomic mass is 10.0. The third kappa shape index (κ3) is 3.17. The molecule has 0 saturated carbocycles. The maximum atomic E-state index is 12.2. The summed E-state index contributed by atoms with van der Waals surface area (Å²) in [6.07, 6.45) is 2.94. The summed E-state index contributed by atoms with van der Waals surface area (Å²) < 4.78 is 0. The lowest BCUT2D eigenvalue weighted by Gasteiger charge is -2.03. The summed E-state index contributed by atoms with van der Waals surface area (Å²) in [4.78, 5) is 27.5. The molecule has 0 unspecified atom stereocenters. The molecule has 0 aliphatic carbocycles. The maximum Gasteiger partial charge on any atom is 0.339 e. The molecule has 1 aromatic carbocycles. The average Bonchev–Trinajstić information content (AvgIpc) is 2.45. The van der Waals surface area contributed by atoms with E-state index in [1.165, 1.54) is 6.08 Å². The smallest absolute Gasteiger partial charge is 0.339 e. The van der Waals surface area contributed by atoms with E-state index in [1.807, 2.05) is 0 Å². The monoisotopic (exact) mass is 267 g/mol. The van der Waals surface area contributed by atoms with Crippen LogP contribution in [-0.4, -0.2) is 21.8 Å². The molecule has 0 spiro atoms. The van der Waals surface area contributed by atoms with Crippen LogP contribution in [0.15, 0.2) is 54.2 Å². The number of hydrogen-bond acceptors (Lipinski definition) is 3. The molecule has 20 heavy (non-hydrogen) atoms. The van der Waals surface area contributed by atoms with Crippen LogP contribution >= 0.6 is 0 Å². The van der Waals surface area contributed by atoms with E-state index in [4.69, 9.17) is 0 Å². The third-order valence-corrected chi connectivity index (χ3v) is 2.74. The van der Waals surface area contributed by atoms with Gasteiger partial charge in [-0.05, 0) is 30.7 Å². The Bertz CT molecular complexity index is 675. The van der Waals surface area contributed by atoms with Crippen molar-refractivity contribution in [3.8, 4) is 0 Å². The largest absolute Gasteiger partial charge is 0.478 e. The number of hydrogen-bond donors (Lipinski definition) is 1. The van der Waals surface area contributed by atoms with Gasteiger partial charge in [0.05, 0.1) is 0 Å². The second-order valence-electron chi connectivity index (χ2n) is 4.29. The molecule has 0 saturated heterocycles. The number of carbonyl (C=O) groups excluding carboxylic acids is 1. The minimum atomic E-state index is -1.24. The van der Waals surface area contributed by atoms with Gasteiger partial charge in [-0.15, -0.1) is 0 Å². The number of pyridine rings is 1. The number of ketones is 1. The van der Waals surface area contributed by atoms with Gasteiger partial charge in [0.2, 0.25) is 0 Å². The molecule has 0 aliphatic heterocycles. The molecule has 0 amide bonds. The molecule has 0 radical (unpaired) electrons. The number of carboxylic acids is 1. The zero-order valence-corrected chi connectivity index (χ0v) is 10.9. The van der Waals surface area contributed by atoms with Gasteiger partial charge in [-0.2, -0.15) is 0 Å². The number of carbonyl (C=O) groups is 2. The van der Waals surface area contributed by atoms with E-state index in [9.17, 15) is 14.7 Å². The highest BCUT2D eigenvalue weighted by molar-refractivity contribution is 6.26. The van der Waals surface area contributed by atoms with Crippen molar-refractivity contribution in [2.75, 3.05) is 0 Å². The van der Waals surface area contributed by atoms with Gasteiger partial charge in [-0.1, -0.05) is 30.3 Å². The van der Waals surface area contributed by atoms with Crippen molar-refractivity contribution in [3.63, 3.8) is 0 Å². The van der Waals surface area contributed by atoms with E-state index in [0.29, 0.717) is 11.1 Å². The number of rotatable bonds is 4. The second-order valence-corrected chi connectivity index (χ2v) is 4.29. The van der Waals surface area contributed by atoms with Gasteiger partial charge in [0.25, 0.3) is 0 Å². The van der Waals surface area contributed by atoms with E-state index in [2.05, 4.69) is 4.98 Å². The van der Waals surface area contributed by atoms with Crippen molar-refractivity contribution in [3.05, 3.63) is 71.1 Å². The van der Waals surface area contributed by atoms with E-state index >= 15 is 0 Å². The summed E-state index contributed by atoms with van der Waals surface area (Å²) in [5.74, 6) is -1.75. The highest BCUT2D eigenvalue weighted by atomic mass is 16.4. The molecule has 0 aliphatic rings. The first-order valence-corrected chi connectivity index (χ1v) is 6.05. The number of aliphatic carboxylic acids is 1. The molecule has 0 atom stereocenters. The summed E-state index contributed by atoms with van der Waals surface area (Å²) in [6, 6.07) is 11.7. The van der Waals surface area contributed by atoms with Crippen molar-refractivity contribution in [2.24, 2.45) is 0 Å². The summed E-state index contributed by atoms with van der Waals surface area (Å²) in [5.41, 5.74) is 1.49. The lowest BCUT2D eigenvalue weighted by Crippen LogP contribution is -2.12. The quantitative estimate of drug-likeness (QED) is 0.400. The van der Waals surface area contributed by atoms with E-state index in [-0.39, 0.29) is 5.57 Å². The van der Waals surface area contributed by atoms with Gasteiger partial charge in [0.1, 0.15) is 5.57 Å². The Labute approximate surface area is 116 Å². The number of aromatic nitrogens is 1. The molecular weight excluding hydrogens is 254 g/mol. The summed E-state index contributed by atoms with van der Waals surface area (Å²) >= 11 is 0. The van der Waals surface area contributed by atoms with Gasteiger partial charge in [-0.25, -0.2) is 4.79 Å². The van der Waals surface area contributed by atoms with Crippen LogP contribution in [0.25, 0.3) is 6.08 Å². The summed E-state index contributed by atoms with van der Waals surface area (Å²) in [6.45, 7) is 1.80. The van der Waals surface area contributed by atoms with Crippen LogP contribution in [0.1, 0.15) is 21.6 Å². The fraction of sp³-hybridized carbons (Fsp3) is 0.0625. The van der Waals surface area contributed by atoms with Crippen LogP contribution in [0.3, 0.4) is 0 Å². The van der Waals surface area contributed by atoms with Crippen LogP contribution in [0.4, 0.5) is 0 Å². The fourth-order valence-electron chi connectivity index (χ4n) is 1.79. The van der Waals surface area contributed by atoms with Crippen LogP contribution in [0.5, 0.6) is 0 Å². The molecule has 0 bridgehead atoms. The number of benzene rings is 1. The van der Waals surface area contributed by atoms with Gasteiger partial charge in [-0.3, -0.25) is 9.78 Å². The Morgan fingerprint density at radius 2 is 1.85 bits per heavy atom. The third-order valence-electron chi connectivity index (χ3n) is 2.74. The Morgan fingerprint density at radius 1 is 1.15 bits per heavy atom. The average molecular weight is 267 g/mol. The molecule has 100 valence electrons. The van der Waals surface area contributed by atoms with Crippen LogP contribution < -0.4 is 0 Å². The predicted octanol–water partition coefficient (Wildman–Crippen LogP) is 2.74. The summed E-state index contributed by atoms with van der Waals surface area (Å²) in [5, 5.41) is 9.23. The fourth-order valence-corrected chi connectivity index (χ4v) is 1.79. The van der Waals surface area contributed by atoms with Gasteiger partial charge >= 0.3 is 5.97 Å². The van der Waals surface area contributed by atoms with Gasteiger partial charge < -0.3 is 5.11 Å². The van der Waals surface area contributed by atoms with Crippen molar-refractivity contribution < 1.29 is 14.7 Å². The van der Waals surface area contributed by atoms with E-state index < -0.39 is 11.8 Å². The second kappa shape index (κ2) is 5.93. The first-order chi connectivity index (χ1) is 9.58. The summed E-state index contributed by atoms with van der Waals surface area (Å²) in [7, 11) is 0. The number of carboxylic acid groups (broad SMARTS) is 1. The molecule has 1 heterocycles. The van der Waals surface area contributed by atoms with Crippen molar-refractivity contribution in [1.29, 1.82) is 0 Å². The SMILES string of the molecule is Cc1cc(/C=C(/C(=O)O)C(=O)c2ccccc2)ccn1. The molecule has 0 fully saturated rings. The highest BCUT2D eigenvalue weighted by Gasteiger charge is 2.18. The zero-order chi connectivity index (χ0) is 14.5. The minimum Gasteiger partial charge on any atom is -0.478 e.